The Morgan fingerprint density at radius 1 is 1.17 bits per heavy atom. The largest absolute Gasteiger partial charge is 0.360 e. The van der Waals surface area contributed by atoms with E-state index in [4.69, 9.17) is 0 Å². The lowest BCUT2D eigenvalue weighted by atomic mass is 10.1. The topological polar surface area (TPSA) is 68.5 Å². The maximum Gasteiger partial charge on any atom is 0.155 e. The van der Waals surface area contributed by atoms with Crippen LogP contribution in [0, 0.1) is 6.92 Å². The lowest BCUT2D eigenvalue weighted by Gasteiger charge is -2.19. The van der Waals surface area contributed by atoms with Gasteiger partial charge in [0.2, 0.25) is 0 Å². The van der Waals surface area contributed by atoms with Crippen LogP contribution in [0.1, 0.15) is 43.0 Å². The van der Waals surface area contributed by atoms with E-state index in [2.05, 4.69) is 56.0 Å². The zero-order valence-electron chi connectivity index (χ0n) is 13.5. The summed E-state index contributed by atoms with van der Waals surface area (Å²) in [4.78, 5) is 8.77. The summed E-state index contributed by atoms with van der Waals surface area (Å²) in [5, 5.41) is 13.3. The molecule has 0 radical (unpaired) electrons. The van der Waals surface area contributed by atoms with Gasteiger partial charge in [-0.1, -0.05) is 11.6 Å². The van der Waals surface area contributed by atoms with E-state index in [1.165, 1.54) is 18.4 Å². The van der Waals surface area contributed by atoms with Crippen molar-refractivity contribution < 1.29 is 0 Å². The van der Waals surface area contributed by atoms with Gasteiger partial charge in [-0.3, -0.25) is 0 Å². The molecule has 1 atom stereocenters. The molecule has 1 aromatic carbocycles. The molecule has 3 aromatic rings. The van der Waals surface area contributed by atoms with Gasteiger partial charge in [-0.25, -0.2) is 9.97 Å². The number of nitrogens with one attached hydrogen (secondary N) is 1. The van der Waals surface area contributed by atoms with Gasteiger partial charge in [0.1, 0.15) is 18.0 Å². The second-order valence-electron chi connectivity index (χ2n) is 6.19. The number of nitrogens with zero attached hydrogens (tertiary/aromatic N) is 5. The molecule has 0 saturated carbocycles. The molecule has 23 heavy (non-hydrogen) atoms. The fraction of sp³-hybridized carbons (Fsp3) is 0.412. The van der Waals surface area contributed by atoms with Gasteiger partial charge in [0.05, 0.1) is 11.6 Å². The van der Waals surface area contributed by atoms with Crippen LogP contribution in [0.5, 0.6) is 0 Å². The van der Waals surface area contributed by atoms with E-state index >= 15 is 0 Å². The van der Waals surface area contributed by atoms with Crippen molar-refractivity contribution in [3.63, 3.8) is 0 Å². The van der Waals surface area contributed by atoms with Crippen LogP contribution in [0.25, 0.3) is 10.9 Å². The number of aryl methyl sites for hydroxylation is 2. The first-order chi connectivity index (χ1) is 11.2. The van der Waals surface area contributed by atoms with Gasteiger partial charge in [-0.2, -0.15) is 0 Å². The number of anilines is 1. The SMILES string of the molecule is Cc1ccc2ncnc(NC(C)c3nnc4n3CCCC4)c2c1. The number of hydrogen-bond acceptors (Lipinski definition) is 5. The van der Waals surface area contributed by atoms with Crippen LogP contribution in [0.15, 0.2) is 24.5 Å². The fourth-order valence-corrected chi connectivity index (χ4v) is 3.21. The average Bonchev–Trinajstić information content (AvgIpc) is 2.99. The Kier molecular flexibility index (Phi) is 3.44. The monoisotopic (exact) mass is 308 g/mol. The molecule has 1 N–H and O–H groups in total. The van der Waals surface area contributed by atoms with Crippen molar-refractivity contribution in [1.29, 1.82) is 0 Å². The maximum absolute atomic E-state index is 4.43. The fourth-order valence-electron chi connectivity index (χ4n) is 3.21. The highest BCUT2D eigenvalue weighted by atomic mass is 15.3. The Morgan fingerprint density at radius 3 is 3.00 bits per heavy atom. The molecule has 6 heteroatoms. The van der Waals surface area contributed by atoms with Crippen molar-refractivity contribution in [3.8, 4) is 0 Å². The summed E-state index contributed by atoms with van der Waals surface area (Å²) in [5.74, 6) is 2.93. The van der Waals surface area contributed by atoms with Crippen molar-refractivity contribution in [1.82, 2.24) is 24.7 Å². The predicted octanol–water partition coefficient (Wildman–Crippen LogP) is 3.04. The van der Waals surface area contributed by atoms with E-state index in [9.17, 15) is 0 Å². The van der Waals surface area contributed by atoms with Crippen LogP contribution in [-0.4, -0.2) is 24.7 Å². The minimum atomic E-state index is 0.0490. The lowest BCUT2D eigenvalue weighted by Crippen LogP contribution is -2.18. The molecule has 6 nitrogen and oxygen atoms in total. The first kappa shape index (κ1) is 14.1. The number of hydrogen-bond donors (Lipinski definition) is 1. The molecule has 0 aliphatic carbocycles. The summed E-state index contributed by atoms with van der Waals surface area (Å²) < 4.78 is 2.25. The summed E-state index contributed by atoms with van der Waals surface area (Å²) >= 11 is 0. The molecule has 2 aromatic heterocycles. The number of fused-ring (bicyclic) bond motifs is 2. The van der Waals surface area contributed by atoms with Crippen LogP contribution in [-0.2, 0) is 13.0 Å². The first-order valence-corrected chi connectivity index (χ1v) is 8.12. The zero-order chi connectivity index (χ0) is 15.8. The van der Waals surface area contributed by atoms with Crippen molar-refractivity contribution in [3.05, 3.63) is 41.7 Å². The summed E-state index contributed by atoms with van der Waals surface area (Å²) in [6.45, 7) is 5.19. The molecule has 118 valence electrons. The molecular weight excluding hydrogens is 288 g/mol. The first-order valence-electron chi connectivity index (χ1n) is 8.12. The van der Waals surface area contributed by atoms with Gasteiger partial charge in [-0.15, -0.1) is 10.2 Å². The van der Waals surface area contributed by atoms with Gasteiger partial charge in [-0.05, 0) is 38.8 Å². The Morgan fingerprint density at radius 2 is 2.09 bits per heavy atom. The summed E-state index contributed by atoms with van der Waals surface area (Å²) in [5.41, 5.74) is 2.14. The van der Waals surface area contributed by atoms with Crippen LogP contribution < -0.4 is 5.32 Å². The molecule has 0 bridgehead atoms. The molecule has 0 spiro atoms. The standard InChI is InChI=1S/C17H20N6/c1-11-6-7-14-13(9-11)16(19-10-18-14)20-12(2)17-22-21-15-5-3-4-8-23(15)17/h6-7,9-10,12H,3-5,8H2,1-2H3,(H,18,19,20). The van der Waals surface area contributed by atoms with Crippen LogP contribution in [0.4, 0.5) is 5.82 Å². The Balaban J connectivity index is 1.68. The zero-order valence-corrected chi connectivity index (χ0v) is 13.5. The second-order valence-corrected chi connectivity index (χ2v) is 6.19. The molecule has 3 heterocycles. The quantitative estimate of drug-likeness (QED) is 0.805. The maximum atomic E-state index is 4.43. The number of aromatic nitrogens is 5. The van der Waals surface area contributed by atoms with Crippen molar-refractivity contribution in [2.24, 2.45) is 0 Å². The van der Waals surface area contributed by atoms with E-state index in [-0.39, 0.29) is 6.04 Å². The van der Waals surface area contributed by atoms with Crippen molar-refractivity contribution in [2.45, 2.75) is 45.7 Å². The molecule has 4 rings (SSSR count). The molecule has 1 aliphatic heterocycles. The van der Waals surface area contributed by atoms with Crippen molar-refractivity contribution in [2.75, 3.05) is 5.32 Å². The number of benzene rings is 1. The van der Waals surface area contributed by atoms with E-state index < -0.39 is 0 Å². The highest BCUT2D eigenvalue weighted by Gasteiger charge is 2.20. The normalized spacial score (nSPS) is 15.4. The van der Waals surface area contributed by atoms with Gasteiger partial charge < -0.3 is 9.88 Å². The summed E-state index contributed by atoms with van der Waals surface area (Å²) in [6.07, 6.45) is 5.03. The molecular formula is C17H20N6. The van der Waals surface area contributed by atoms with Crippen LogP contribution in [0.3, 0.4) is 0 Å². The third-order valence-electron chi connectivity index (χ3n) is 4.42. The highest BCUT2D eigenvalue weighted by Crippen LogP contribution is 2.25. The van der Waals surface area contributed by atoms with E-state index in [0.717, 1.165) is 41.3 Å². The van der Waals surface area contributed by atoms with Gasteiger partial charge in [0, 0.05) is 18.4 Å². The number of rotatable bonds is 3. The van der Waals surface area contributed by atoms with Crippen LogP contribution >= 0.6 is 0 Å². The van der Waals surface area contributed by atoms with Gasteiger partial charge in [0.15, 0.2) is 5.82 Å². The molecule has 1 aliphatic rings. The smallest absolute Gasteiger partial charge is 0.155 e. The highest BCUT2D eigenvalue weighted by molar-refractivity contribution is 5.89. The van der Waals surface area contributed by atoms with E-state index in [0.29, 0.717) is 0 Å². The third-order valence-corrected chi connectivity index (χ3v) is 4.42. The second kappa shape index (κ2) is 5.61. The molecule has 1 unspecified atom stereocenters. The Hall–Kier alpha value is -2.50. The predicted molar refractivity (Wildman–Crippen MR) is 89.3 cm³/mol. The summed E-state index contributed by atoms with van der Waals surface area (Å²) in [6, 6.07) is 6.26. The Labute approximate surface area is 135 Å². The van der Waals surface area contributed by atoms with Gasteiger partial charge in [0.25, 0.3) is 0 Å². The Bertz CT molecular complexity index is 853. The van der Waals surface area contributed by atoms with E-state index in [1.54, 1.807) is 6.33 Å². The minimum Gasteiger partial charge on any atom is -0.360 e. The molecule has 0 amide bonds. The van der Waals surface area contributed by atoms with Crippen molar-refractivity contribution >= 4 is 16.7 Å². The average molecular weight is 308 g/mol. The minimum absolute atomic E-state index is 0.0490. The molecule has 0 saturated heterocycles. The van der Waals surface area contributed by atoms with Gasteiger partial charge >= 0.3 is 0 Å². The molecule has 0 fully saturated rings. The third kappa shape index (κ3) is 2.54. The van der Waals surface area contributed by atoms with E-state index in [1.807, 2.05) is 6.07 Å². The summed E-state index contributed by atoms with van der Waals surface area (Å²) in [7, 11) is 0. The van der Waals surface area contributed by atoms with Crippen LogP contribution in [0.2, 0.25) is 0 Å². The lowest BCUT2D eigenvalue weighted by molar-refractivity contribution is 0.500.